The summed E-state index contributed by atoms with van der Waals surface area (Å²) in [6.07, 6.45) is 5.78. The summed E-state index contributed by atoms with van der Waals surface area (Å²) in [5.41, 5.74) is 0. The maximum absolute atomic E-state index is 2.54. The van der Waals surface area contributed by atoms with E-state index >= 15 is 0 Å². The summed E-state index contributed by atoms with van der Waals surface area (Å²) in [6, 6.07) is 11.6. The molecule has 1 aliphatic carbocycles. The lowest BCUT2D eigenvalue weighted by Gasteiger charge is -2.07. The van der Waals surface area contributed by atoms with Crippen LogP contribution in [0.5, 0.6) is 0 Å². The van der Waals surface area contributed by atoms with Gasteiger partial charge in [-0.25, -0.2) is 0 Å². The second-order valence-corrected chi connectivity index (χ2v) is 5.40. The quantitative estimate of drug-likeness (QED) is 0.597. The van der Waals surface area contributed by atoms with Crippen molar-refractivity contribution in [3.05, 3.63) is 30.3 Å². The summed E-state index contributed by atoms with van der Waals surface area (Å²) in [5.74, 6) is 1.24. The number of rotatable bonds is 5. The van der Waals surface area contributed by atoms with E-state index in [0.29, 0.717) is 0 Å². The highest BCUT2D eigenvalue weighted by Gasteiger charge is 2.16. The first-order chi connectivity index (χ1) is 7.45. The standard InChI is InChI=1S/C13H19NS/c1-2-8-13(9-3-1)15-11-10-14-12-6-4-5-7-12/h1-3,8-9,12,14H,4-7,10-11H2/p+1. The highest BCUT2D eigenvalue weighted by molar-refractivity contribution is 7.99. The van der Waals surface area contributed by atoms with Crippen molar-refractivity contribution in [2.45, 2.75) is 36.6 Å². The molecule has 0 unspecified atom stereocenters. The van der Waals surface area contributed by atoms with Gasteiger partial charge in [-0.15, -0.1) is 11.8 Å². The number of nitrogens with two attached hydrogens (primary N) is 1. The SMILES string of the molecule is c1ccc(SCC[NH2+]C2CCCC2)cc1. The fourth-order valence-electron chi connectivity index (χ4n) is 2.19. The van der Waals surface area contributed by atoms with E-state index < -0.39 is 0 Å². The van der Waals surface area contributed by atoms with Gasteiger partial charge in [-0.1, -0.05) is 18.2 Å². The normalized spacial score (nSPS) is 17.1. The van der Waals surface area contributed by atoms with Crippen LogP contribution in [-0.2, 0) is 0 Å². The highest BCUT2D eigenvalue weighted by atomic mass is 32.2. The predicted molar refractivity (Wildman–Crippen MR) is 66.2 cm³/mol. The molecular formula is C13H20NS+. The molecular weight excluding hydrogens is 202 g/mol. The summed E-state index contributed by atoms with van der Waals surface area (Å²) in [5, 5.41) is 2.54. The van der Waals surface area contributed by atoms with E-state index in [4.69, 9.17) is 0 Å². The van der Waals surface area contributed by atoms with Crippen LogP contribution >= 0.6 is 11.8 Å². The lowest BCUT2D eigenvalue weighted by atomic mass is 10.2. The van der Waals surface area contributed by atoms with E-state index in [0.717, 1.165) is 6.04 Å². The number of hydrogen-bond donors (Lipinski definition) is 1. The Kier molecular flexibility index (Phi) is 4.55. The average molecular weight is 222 g/mol. The number of quaternary nitrogens is 1. The summed E-state index contributed by atoms with van der Waals surface area (Å²) in [6.45, 7) is 1.27. The van der Waals surface area contributed by atoms with Gasteiger partial charge in [0.05, 0.1) is 12.6 Å². The monoisotopic (exact) mass is 222 g/mol. The first-order valence-electron chi connectivity index (χ1n) is 5.96. The number of hydrogen-bond acceptors (Lipinski definition) is 1. The van der Waals surface area contributed by atoms with Crippen molar-refractivity contribution in [1.82, 2.24) is 0 Å². The van der Waals surface area contributed by atoms with Crippen molar-refractivity contribution in [2.75, 3.05) is 12.3 Å². The topological polar surface area (TPSA) is 16.6 Å². The molecule has 1 aromatic carbocycles. The van der Waals surface area contributed by atoms with Crippen molar-refractivity contribution >= 4 is 11.8 Å². The molecule has 2 N–H and O–H groups in total. The minimum atomic E-state index is 0.932. The molecule has 2 heteroatoms. The number of thioether (sulfide) groups is 1. The zero-order chi connectivity index (χ0) is 10.3. The third kappa shape index (κ3) is 3.88. The second kappa shape index (κ2) is 6.19. The van der Waals surface area contributed by atoms with Gasteiger partial charge in [0.2, 0.25) is 0 Å². The molecule has 0 radical (unpaired) electrons. The van der Waals surface area contributed by atoms with Gasteiger partial charge in [0.15, 0.2) is 0 Å². The molecule has 2 rings (SSSR count). The fraction of sp³-hybridized carbons (Fsp3) is 0.538. The lowest BCUT2D eigenvalue weighted by Crippen LogP contribution is -2.90. The third-order valence-corrected chi connectivity index (χ3v) is 4.07. The minimum Gasteiger partial charge on any atom is -0.343 e. The maximum atomic E-state index is 2.54. The molecule has 1 aromatic rings. The van der Waals surface area contributed by atoms with Crippen molar-refractivity contribution in [3.63, 3.8) is 0 Å². The summed E-state index contributed by atoms with van der Waals surface area (Å²) in [7, 11) is 0. The van der Waals surface area contributed by atoms with Crippen LogP contribution in [0.2, 0.25) is 0 Å². The van der Waals surface area contributed by atoms with Gasteiger partial charge in [-0.3, -0.25) is 0 Å². The molecule has 1 nitrogen and oxygen atoms in total. The molecule has 1 aliphatic rings. The molecule has 0 atom stereocenters. The Morgan fingerprint density at radius 1 is 1.13 bits per heavy atom. The van der Waals surface area contributed by atoms with Crippen LogP contribution in [0, 0.1) is 0 Å². The van der Waals surface area contributed by atoms with Crippen LogP contribution in [-0.4, -0.2) is 18.3 Å². The van der Waals surface area contributed by atoms with Gasteiger partial charge >= 0.3 is 0 Å². The van der Waals surface area contributed by atoms with Gasteiger partial charge in [-0.05, 0) is 37.8 Å². The molecule has 82 valence electrons. The number of benzene rings is 1. The van der Waals surface area contributed by atoms with E-state index in [1.54, 1.807) is 0 Å². The first kappa shape index (κ1) is 11.0. The van der Waals surface area contributed by atoms with Gasteiger partial charge in [0.1, 0.15) is 0 Å². The third-order valence-electron chi connectivity index (χ3n) is 3.03. The molecule has 0 amide bonds. The molecule has 1 saturated carbocycles. The Hall–Kier alpha value is -0.470. The molecule has 0 aliphatic heterocycles. The van der Waals surface area contributed by atoms with Gasteiger partial charge < -0.3 is 5.32 Å². The smallest absolute Gasteiger partial charge is 0.0859 e. The minimum absolute atomic E-state index is 0.932. The first-order valence-corrected chi connectivity index (χ1v) is 6.95. The molecule has 0 heterocycles. The van der Waals surface area contributed by atoms with Crippen molar-refractivity contribution in [3.8, 4) is 0 Å². The Morgan fingerprint density at radius 2 is 1.87 bits per heavy atom. The van der Waals surface area contributed by atoms with Gasteiger partial charge in [0, 0.05) is 10.6 Å². The van der Waals surface area contributed by atoms with E-state index in [1.165, 1.54) is 42.9 Å². The fourth-order valence-corrected chi connectivity index (χ4v) is 3.03. The van der Waals surface area contributed by atoms with E-state index in [-0.39, 0.29) is 0 Å². The zero-order valence-electron chi connectivity index (χ0n) is 9.19. The van der Waals surface area contributed by atoms with Crippen LogP contribution in [0.25, 0.3) is 0 Å². The van der Waals surface area contributed by atoms with Gasteiger partial charge in [-0.2, -0.15) is 0 Å². The molecule has 0 aromatic heterocycles. The Labute approximate surface area is 96.7 Å². The van der Waals surface area contributed by atoms with Crippen LogP contribution in [0.4, 0.5) is 0 Å². The van der Waals surface area contributed by atoms with E-state index in [1.807, 2.05) is 11.8 Å². The average Bonchev–Trinajstić information content (AvgIpc) is 2.79. The van der Waals surface area contributed by atoms with Crippen molar-refractivity contribution in [2.24, 2.45) is 0 Å². The van der Waals surface area contributed by atoms with Gasteiger partial charge in [0.25, 0.3) is 0 Å². The Morgan fingerprint density at radius 3 is 2.60 bits per heavy atom. The second-order valence-electron chi connectivity index (χ2n) is 4.23. The predicted octanol–water partition coefficient (Wildman–Crippen LogP) is 2.28. The molecule has 0 saturated heterocycles. The maximum Gasteiger partial charge on any atom is 0.0859 e. The largest absolute Gasteiger partial charge is 0.343 e. The van der Waals surface area contributed by atoms with Crippen LogP contribution in [0.3, 0.4) is 0 Å². The van der Waals surface area contributed by atoms with Crippen molar-refractivity contribution in [1.29, 1.82) is 0 Å². The molecule has 0 bridgehead atoms. The summed E-state index contributed by atoms with van der Waals surface area (Å²) >= 11 is 1.97. The molecule has 1 fully saturated rings. The Balaban J connectivity index is 1.59. The van der Waals surface area contributed by atoms with Crippen molar-refractivity contribution < 1.29 is 5.32 Å². The molecule has 0 spiro atoms. The zero-order valence-corrected chi connectivity index (χ0v) is 10.0. The highest BCUT2D eigenvalue weighted by Crippen LogP contribution is 2.16. The van der Waals surface area contributed by atoms with Crippen LogP contribution in [0.1, 0.15) is 25.7 Å². The van der Waals surface area contributed by atoms with E-state index in [2.05, 4.69) is 35.6 Å². The van der Waals surface area contributed by atoms with E-state index in [9.17, 15) is 0 Å². The molecule has 15 heavy (non-hydrogen) atoms. The van der Waals surface area contributed by atoms with Crippen LogP contribution < -0.4 is 5.32 Å². The summed E-state index contributed by atoms with van der Waals surface area (Å²) < 4.78 is 0. The lowest BCUT2D eigenvalue weighted by molar-refractivity contribution is -0.684. The summed E-state index contributed by atoms with van der Waals surface area (Å²) in [4.78, 5) is 1.40. The Bertz CT molecular complexity index is 267. The van der Waals surface area contributed by atoms with Crippen LogP contribution in [0.15, 0.2) is 35.2 Å².